The van der Waals surface area contributed by atoms with E-state index in [1.165, 1.54) is 18.2 Å². The molecule has 6 rings (SSSR count). The van der Waals surface area contributed by atoms with Crippen LogP contribution in [0.4, 0.5) is 5.69 Å². The number of hydrogen-bond acceptors (Lipinski definition) is 8. The molecule has 1 aromatic heterocycles. The molecule has 210 valence electrons. The second-order valence-electron chi connectivity index (χ2n) is 9.52. The first-order chi connectivity index (χ1) is 20.4. The number of rotatable bonds is 9. The lowest BCUT2D eigenvalue weighted by atomic mass is 9.88. The van der Waals surface area contributed by atoms with Gasteiger partial charge in [0.15, 0.2) is 0 Å². The zero-order chi connectivity index (χ0) is 29.1. The number of aromatic nitrogens is 4. The number of thioether (sulfide) groups is 1. The fourth-order valence-electron chi connectivity index (χ4n) is 4.93. The molecule has 1 atom stereocenters. The van der Waals surface area contributed by atoms with Crippen LogP contribution in [-0.2, 0) is 14.8 Å². The van der Waals surface area contributed by atoms with Crippen molar-refractivity contribution < 1.29 is 18.0 Å². The molecule has 0 bridgehead atoms. The number of fused-ring (bicyclic) bond motifs is 1. The maximum atomic E-state index is 13.7. The maximum absolute atomic E-state index is 13.7. The van der Waals surface area contributed by atoms with Gasteiger partial charge < -0.3 is 5.32 Å². The summed E-state index contributed by atoms with van der Waals surface area (Å²) in [5, 5.41) is 15.8. The number of tetrazole rings is 1. The summed E-state index contributed by atoms with van der Waals surface area (Å²) in [5.74, 6) is -1.17. The average molecular weight is 597 g/mol. The molecule has 1 aliphatic heterocycles. The Morgan fingerprint density at radius 3 is 2.02 bits per heavy atom. The lowest BCUT2D eigenvalue weighted by molar-refractivity contribution is -0.116. The molecule has 0 aliphatic carbocycles. The number of sulfonamides is 1. The van der Waals surface area contributed by atoms with Crippen LogP contribution in [0.3, 0.4) is 0 Å². The summed E-state index contributed by atoms with van der Waals surface area (Å²) in [4.78, 5) is 26.8. The molecule has 0 saturated carbocycles. The number of nitrogens with zero attached hydrogens (tertiary/aromatic N) is 4. The summed E-state index contributed by atoms with van der Waals surface area (Å²) in [6, 6.07) is 32.5. The standard InChI is InChI=1S/C30H24N6O4S2/c37-27(19-24(20-10-4-1-5-11-20)21-12-6-2-7-13-21)31-23-16-17-26-25(18-23)28(38)36(42(26,39)40)29(22-14-8-3-9-15-22)41-30-32-34-35-33-30/h1-18,24,29H,19H2,(H,31,37)(H,32,33,34,35). The summed E-state index contributed by atoms with van der Waals surface area (Å²) in [6.07, 6.45) is 0.154. The van der Waals surface area contributed by atoms with Gasteiger partial charge in [-0.25, -0.2) is 12.7 Å². The second kappa shape index (κ2) is 11.6. The van der Waals surface area contributed by atoms with Crippen molar-refractivity contribution in [1.29, 1.82) is 0 Å². The largest absolute Gasteiger partial charge is 0.326 e. The van der Waals surface area contributed by atoms with Crippen LogP contribution < -0.4 is 5.32 Å². The molecule has 2 heterocycles. The molecule has 1 unspecified atom stereocenters. The number of nitrogens with one attached hydrogen (secondary N) is 2. The van der Waals surface area contributed by atoms with Gasteiger partial charge in [-0.1, -0.05) is 103 Å². The quantitative estimate of drug-likeness (QED) is 0.227. The van der Waals surface area contributed by atoms with Gasteiger partial charge in [0.1, 0.15) is 10.3 Å². The minimum atomic E-state index is -4.22. The predicted molar refractivity (Wildman–Crippen MR) is 157 cm³/mol. The van der Waals surface area contributed by atoms with E-state index in [4.69, 9.17) is 0 Å². The highest BCUT2D eigenvalue weighted by Crippen LogP contribution is 2.44. The smallest absolute Gasteiger partial charge is 0.270 e. The molecule has 0 saturated heterocycles. The molecule has 42 heavy (non-hydrogen) atoms. The van der Waals surface area contributed by atoms with Crippen LogP contribution in [0.1, 0.15) is 44.8 Å². The van der Waals surface area contributed by atoms with Crippen molar-refractivity contribution in [3.8, 4) is 0 Å². The molecule has 0 radical (unpaired) electrons. The Morgan fingerprint density at radius 2 is 1.45 bits per heavy atom. The van der Waals surface area contributed by atoms with Crippen molar-refractivity contribution in [3.05, 3.63) is 131 Å². The number of hydrogen-bond donors (Lipinski definition) is 2. The maximum Gasteiger partial charge on any atom is 0.270 e. The van der Waals surface area contributed by atoms with E-state index in [1.54, 1.807) is 30.3 Å². The minimum Gasteiger partial charge on any atom is -0.326 e. The zero-order valence-corrected chi connectivity index (χ0v) is 23.6. The van der Waals surface area contributed by atoms with E-state index in [0.29, 0.717) is 11.3 Å². The minimum absolute atomic E-state index is 0.0230. The molecule has 0 fully saturated rings. The Hall–Kier alpha value is -4.81. The number of amides is 2. The van der Waals surface area contributed by atoms with E-state index in [1.807, 2.05) is 60.7 Å². The van der Waals surface area contributed by atoms with Crippen LogP contribution in [0, 0.1) is 0 Å². The highest BCUT2D eigenvalue weighted by atomic mass is 32.2. The number of anilines is 1. The molecule has 2 N–H and O–H groups in total. The highest BCUT2D eigenvalue weighted by Gasteiger charge is 2.46. The summed E-state index contributed by atoms with van der Waals surface area (Å²) >= 11 is 0.980. The van der Waals surface area contributed by atoms with E-state index in [2.05, 4.69) is 25.9 Å². The Balaban J connectivity index is 1.27. The normalized spacial score (nSPS) is 14.5. The lowest BCUT2D eigenvalue weighted by Crippen LogP contribution is -2.32. The van der Waals surface area contributed by atoms with Crippen molar-refractivity contribution in [1.82, 2.24) is 24.9 Å². The van der Waals surface area contributed by atoms with Gasteiger partial charge in [0.25, 0.3) is 15.9 Å². The molecular formula is C30H24N6O4S2. The average Bonchev–Trinajstić information content (AvgIpc) is 3.60. The Morgan fingerprint density at radius 1 is 0.857 bits per heavy atom. The zero-order valence-electron chi connectivity index (χ0n) is 22.0. The summed E-state index contributed by atoms with van der Waals surface area (Å²) < 4.78 is 28.2. The Labute approximate surface area is 246 Å². The van der Waals surface area contributed by atoms with Gasteiger partial charge in [-0.15, -0.1) is 10.2 Å². The third-order valence-electron chi connectivity index (χ3n) is 6.86. The fraction of sp³-hybridized carbons (Fsp3) is 0.100. The SMILES string of the molecule is O=C(CC(c1ccccc1)c1ccccc1)Nc1ccc2c(c1)C(=O)N(C(Sc1nn[nH]n1)c1ccccc1)S2(=O)=O. The van der Waals surface area contributed by atoms with E-state index in [0.717, 1.165) is 27.2 Å². The van der Waals surface area contributed by atoms with Crippen LogP contribution >= 0.6 is 11.8 Å². The lowest BCUT2D eigenvalue weighted by Gasteiger charge is -2.25. The van der Waals surface area contributed by atoms with Gasteiger partial charge in [0.2, 0.25) is 11.1 Å². The summed E-state index contributed by atoms with van der Waals surface area (Å²) in [5.41, 5.74) is 2.86. The molecule has 12 heteroatoms. The van der Waals surface area contributed by atoms with Crippen LogP contribution in [0.25, 0.3) is 0 Å². The highest BCUT2D eigenvalue weighted by molar-refractivity contribution is 8.00. The van der Waals surface area contributed by atoms with Gasteiger partial charge in [-0.3, -0.25) is 9.59 Å². The number of H-pyrrole nitrogens is 1. The third kappa shape index (κ3) is 5.41. The van der Waals surface area contributed by atoms with Crippen molar-refractivity contribution in [2.24, 2.45) is 0 Å². The van der Waals surface area contributed by atoms with Gasteiger partial charge in [0.05, 0.1) is 5.56 Å². The van der Waals surface area contributed by atoms with Crippen molar-refractivity contribution in [2.75, 3.05) is 5.32 Å². The van der Waals surface area contributed by atoms with Crippen molar-refractivity contribution >= 4 is 39.3 Å². The van der Waals surface area contributed by atoms with Gasteiger partial charge >= 0.3 is 0 Å². The van der Waals surface area contributed by atoms with E-state index < -0.39 is 21.3 Å². The van der Waals surface area contributed by atoms with Crippen molar-refractivity contribution in [2.45, 2.75) is 27.8 Å². The third-order valence-corrected chi connectivity index (χ3v) is 9.89. The Kier molecular flexibility index (Phi) is 7.55. The molecule has 0 spiro atoms. The molecule has 4 aromatic carbocycles. The molecule has 2 amide bonds. The number of aromatic amines is 1. The number of carbonyl (C=O) groups is 2. The molecule has 5 aromatic rings. The van der Waals surface area contributed by atoms with Crippen molar-refractivity contribution in [3.63, 3.8) is 0 Å². The van der Waals surface area contributed by atoms with E-state index in [-0.39, 0.29) is 33.9 Å². The summed E-state index contributed by atoms with van der Waals surface area (Å²) in [6.45, 7) is 0. The second-order valence-corrected chi connectivity index (χ2v) is 12.3. The first kappa shape index (κ1) is 27.4. The van der Waals surface area contributed by atoms with Gasteiger partial charge in [-0.05, 0) is 40.1 Å². The number of carbonyl (C=O) groups excluding carboxylic acids is 2. The van der Waals surface area contributed by atoms with E-state index in [9.17, 15) is 18.0 Å². The van der Waals surface area contributed by atoms with E-state index >= 15 is 0 Å². The van der Waals surface area contributed by atoms with Crippen LogP contribution in [0.5, 0.6) is 0 Å². The van der Waals surface area contributed by atoms with Crippen LogP contribution in [-0.4, -0.2) is 45.2 Å². The monoisotopic (exact) mass is 596 g/mol. The van der Waals surface area contributed by atoms with Crippen LogP contribution in [0.2, 0.25) is 0 Å². The molecule has 10 nitrogen and oxygen atoms in total. The van der Waals surface area contributed by atoms with Gasteiger partial charge in [0, 0.05) is 18.0 Å². The number of benzene rings is 4. The topological polar surface area (TPSA) is 138 Å². The fourth-order valence-corrected chi connectivity index (χ4v) is 7.84. The molecule has 1 aliphatic rings. The first-order valence-electron chi connectivity index (χ1n) is 13.0. The summed E-state index contributed by atoms with van der Waals surface area (Å²) in [7, 11) is -4.22. The first-order valence-corrected chi connectivity index (χ1v) is 15.3. The predicted octanol–water partition coefficient (Wildman–Crippen LogP) is 5.00. The van der Waals surface area contributed by atoms with Crippen LogP contribution in [0.15, 0.2) is 119 Å². The molecular weight excluding hydrogens is 573 g/mol. The van der Waals surface area contributed by atoms with Gasteiger partial charge in [-0.2, -0.15) is 5.21 Å². The Bertz CT molecular complexity index is 1780.